The molecule has 1 aliphatic rings. The third-order valence-corrected chi connectivity index (χ3v) is 5.34. The van der Waals surface area contributed by atoms with Crippen LogP contribution in [0.3, 0.4) is 0 Å². The Morgan fingerprint density at radius 3 is 2.35 bits per heavy atom. The molecule has 26 heavy (non-hydrogen) atoms. The SMILES string of the molecule is Fc1ccc(N=C2/C(=C/Sc3ccccc3)CCc3ccccc32)cc1. The molecule has 0 atom stereocenters. The largest absolute Gasteiger partial charge is 0.248 e. The maximum atomic E-state index is 13.2. The first kappa shape index (κ1) is 16.8. The number of aliphatic imine (C=N–C) groups is 1. The van der Waals surface area contributed by atoms with E-state index in [1.807, 2.05) is 24.3 Å². The van der Waals surface area contributed by atoms with E-state index in [2.05, 4.69) is 35.7 Å². The number of benzene rings is 3. The zero-order valence-corrected chi connectivity index (χ0v) is 15.0. The molecule has 1 aliphatic carbocycles. The van der Waals surface area contributed by atoms with E-state index >= 15 is 0 Å². The lowest BCUT2D eigenvalue weighted by atomic mass is 9.87. The second-order valence-corrected chi connectivity index (χ2v) is 7.11. The van der Waals surface area contributed by atoms with Crippen LogP contribution in [0.2, 0.25) is 0 Å². The van der Waals surface area contributed by atoms with E-state index in [1.54, 1.807) is 23.9 Å². The van der Waals surface area contributed by atoms with E-state index in [0.29, 0.717) is 0 Å². The molecule has 1 nitrogen and oxygen atoms in total. The zero-order valence-electron chi connectivity index (χ0n) is 14.2. The smallest absolute Gasteiger partial charge is 0.123 e. The highest BCUT2D eigenvalue weighted by Crippen LogP contribution is 2.31. The molecule has 0 fully saturated rings. The van der Waals surface area contributed by atoms with Crippen molar-refractivity contribution in [2.24, 2.45) is 4.99 Å². The van der Waals surface area contributed by atoms with Gasteiger partial charge in [0.05, 0.1) is 11.4 Å². The van der Waals surface area contributed by atoms with Gasteiger partial charge in [0.1, 0.15) is 5.82 Å². The third kappa shape index (κ3) is 3.78. The van der Waals surface area contributed by atoms with Crippen LogP contribution in [0.4, 0.5) is 10.1 Å². The average molecular weight is 359 g/mol. The van der Waals surface area contributed by atoms with Crippen LogP contribution in [0.1, 0.15) is 17.5 Å². The van der Waals surface area contributed by atoms with Crippen molar-refractivity contribution in [3.8, 4) is 0 Å². The van der Waals surface area contributed by atoms with E-state index in [1.165, 1.54) is 33.7 Å². The lowest BCUT2D eigenvalue weighted by Crippen LogP contribution is -2.14. The molecule has 0 saturated heterocycles. The van der Waals surface area contributed by atoms with E-state index in [4.69, 9.17) is 4.99 Å². The number of hydrogen-bond donors (Lipinski definition) is 0. The fourth-order valence-electron chi connectivity index (χ4n) is 3.06. The van der Waals surface area contributed by atoms with Crippen LogP contribution in [0.25, 0.3) is 0 Å². The van der Waals surface area contributed by atoms with Crippen LogP contribution in [-0.4, -0.2) is 5.71 Å². The highest BCUT2D eigenvalue weighted by molar-refractivity contribution is 8.02. The molecule has 0 aliphatic heterocycles. The molecule has 0 spiro atoms. The fraction of sp³-hybridized carbons (Fsp3) is 0.0870. The molecule has 3 heteroatoms. The minimum absolute atomic E-state index is 0.242. The highest BCUT2D eigenvalue weighted by Gasteiger charge is 2.19. The van der Waals surface area contributed by atoms with Crippen LogP contribution in [0.5, 0.6) is 0 Å². The molecular formula is C23H18FNS. The van der Waals surface area contributed by atoms with Gasteiger partial charge >= 0.3 is 0 Å². The zero-order chi connectivity index (χ0) is 17.8. The monoisotopic (exact) mass is 359 g/mol. The summed E-state index contributed by atoms with van der Waals surface area (Å²) in [6, 6.07) is 25.1. The summed E-state index contributed by atoms with van der Waals surface area (Å²) in [5, 5.41) is 2.20. The van der Waals surface area contributed by atoms with Crippen LogP contribution < -0.4 is 0 Å². The van der Waals surface area contributed by atoms with Gasteiger partial charge in [0, 0.05) is 10.5 Å². The molecular weight excluding hydrogens is 341 g/mol. The van der Waals surface area contributed by atoms with Gasteiger partial charge in [-0.05, 0) is 65.8 Å². The molecule has 3 aromatic rings. The standard InChI is InChI=1S/C23H18FNS/c24-19-12-14-20(15-13-19)25-23-18(16-26-21-7-2-1-3-8-21)11-10-17-6-4-5-9-22(17)23/h1-9,12-16H,10-11H2/b18-16+,25-23?. The van der Waals surface area contributed by atoms with Crippen molar-refractivity contribution in [2.45, 2.75) is 17.7 Å². The van der Waals surface area contributed by atoms with E-state index < -0.39 is 0 Å². The first-order valence-corrected chi connectivity index (χ1v) is 9.51. The molecule has 0 bridgehead atoms. The Morgan fingerprint density at radius 1 is 0.808 bits per heavy atom. The van der Waals surface area contributed by atoms with Crippen molar-refractivity contribution in [3.05, 3.63) is 107 Å². The Morgan fingerprint density at radius 2 is 1.54 bits per heavy atom. The van der Waals surface area contributed by atoms with Gasteiger partial charge in [-0.1, -0.05) is 54.2 Å². The summed E-state index contributed by atoms with van der Waals surface area (Å²) in [6.07, 6.45) is 1.97. The van der Waals surface area contributed by atoms with Crippen molar-refractivity contribution in [2.75, 3.05) is 0 Å². The molecule has 128 valence electrons. The van der Waals surface area contributed by atoms with Gasteiger partial charge in [0.15, 0.2) is 0 Å². The lowest BCUT2D eigenvalue weighted by molar-refractivity contribution is 0.628. The molecule has 0 N–H and O–H groups in total. The number of hydrogen-bond acceptors (Lipinski definition) is 2. The first-order chi connectivity index (χ1) is 12.8. The van der Waals surface area contributed by atoms with Crippen molar-refractivity contribution in [1.82, 2.24) is 0 Å². The average Bonchev–Trinajstić information content (AvgIpc) is 2.70. The number of rotatable bonds is 3. The van der Waals surface area contributed by atoms with Crippen LogP contribution >= 0.6 is 11.8 Å². The van der Waals surface area contributed by atoms with Gasteiger partial charge in [-0.2, -0.15) is 0 Å². The third-order valence-electron chi connectivity index (χ3n) is 4.39. The summed E-state index contributed by atoms with van der Waals surface area (Å²) in [6.45, 7) is 0. The number of thioether (sulfide) groups is 1. The van der Waals surface area contributed by atoms with Crippen molar-refractivity contribution >= 4 is 23.2 Å². The van der Waals surface area contributed by atoms with E-state index in [-0.39, 0.29) is 5.82 Å². The van der Waals surface area contributed by atoms with Crippen LogP contribution in [-0.2, 0) is 6.42 Å². The Labute approximate surface area is 157 Å². The number of allylic oxidation sites excluding steroid dienone is 1. The molecule has 0 saturated carbocycles. The molecule has 3 aromatic carbocycles. The predicted molar refractivity (Wildman–Crippen MR) is 108 cm³/mol. The van der Waals surface area contributed by atoms with Gasteiger partial charge in [0.25, 0.3) is 0 Å². The molecule has 4 rings (SSSR count). The normalized spacial score (nSPS) is 16.7. The quantitative estimate of drug-likeness (QED) is 0.482. The Balaban J connectivity index is 1.74. The minimum Gasteiger partial charge on any atom is -0.248 e. The summed E-state index contributed by atoms with van der Waals surface area (Å²) >= 11 is 1.72. The molecule has 0 unspecified atom stereocenters. The fourth-order valence-corrected chi connectivity index (χ4v) is 3.88. The summed E-state index contributed by atoms with van der Waals surface area (Å²) in [7, 11) is 0. The maximum Gasteiger partial charge on any atom is 0.123 e. The predicted octanol–water partition coefficient (Wildman–Crippen LogP) is 6.57. The molecule has 0 heterocycles. The second-order valence-electron chi connectivity index (χ2n) is 6.17. The lowest BCUT2D eigenvalue weighted by Gasteiger charge is -2.21. The van der Waals surface area contributed by atoms with Gasteiger partial charge in [0.2, 0.25) is 0 Å². The topological polar surface area (TPSA) is 12.4 Å². The first-order valence-electron chi connectivity index (χ1n) is 8.63. The number of halogens is 1. The Bertz CT molecular complexity index is 959. The van der Waals surface area contributed by atoms with Crippen molar-refractivity contribution < 1.29 is 4.39 Å². The maximum absolute atomic E-state index is 13.2. The summed E-state index contributed by atoms with van der Waals surface area (Å²) in [5.41, 5.74) is 5.47. The molecule has 0 aromatic heterocycles. The molecule has 0 amide bonds. The van der Waals surface area contributed by atoms with Gasteiger partial charge in [-0.25, -0.2) is 9.38 Å². The van der Waals surface area contributed by atoms with Gasteiger partial charge in [-0.15, -0.1) is 0 Å². The second kappa shape index (κ2) is 7.71. The number of nitrogens with zero attached hydrogens (tertiary/aromatic N) is 1. The van der Waals surface area contributed by atoms with E-state index in [0.717, 1.165) is 24.2 Å². The van der Waals surface area contributed by atoms with E-state index in [9.17, 15) is 4.39 Å². The number of aryl methyl sites for hydroxylation is 1. The van der Waals surface area contributed by atoms with Crippen LogP contribution in [0, 0.1) is 5.82 Å². The Hall–Kier alpha value is -2.65. The number of fused-ring (bicyclic) bond motifs is 1. The summed E-state index contributed by atoms with van der Waals surface area (Å²) in [5.74, 6) is -0.242. The summed E-state index contributed by atoms with van der Waals surface area (Å²) in [4.78, 5) is 6.07. The Kier molecular flexibility index (Phi) is 4.98. The summed E-state index contributed by atoms with van der Waals surface area (Å²) < 4.78 is 13.2. The van der Waals surface area contributed by atoms with Crippen molar-refractivity contribution in [3.63, 3.8) is 0 Å². The van der Waals surface area contributed by atoms with Crippen LogP contribution in [0.15, 0.2) is 99.7 Å². The van der Waals surface area contributed by atoms with Gasteiger partial charge in [-0.3, -0.25) is 0 Å². The van der Waals surface area contributed by atoms with Crippen molar-refractivity contribution in [1.29, 1.82) is 0 Å². The highest BCUT2D eigenvalue weighted by atomic mass is 32.2. The molecule has 0 radical (unpaired) electrons. The minimum atomic E-state index is -0.242. The van der Waals surface area contributed by atoms with Gasteiger partial charge < -0.3 is 0 Å².